The van der Waals surface area contributed by atoms with E-state index in [0.717, 1.165) is 64.3 Å². The summed E-state index contributed by atoms with van der Waals surface area (Å²) < 4.78 is 21.5. The number of carboxylic acids is 1. The van der Waals surface area contributed by atoms with Crippen LogP contribution in [0.15, 0.2) is 42.5 Å². The summed E-state index contributed by atoms with van der Waals surface area (Å²) in [5.74, 6) is 0.0908. The topological polar surface area (TPSA) is 117 Å². The maximum Gasteiger partial charge on any atom is 0.355 e. The molecular weight excluding hydrogens is 626 g/mol. The smallest absolute Gasteiger partial charge is 0.355 e. The summed E-state index contributed by atoms with van der Waals surface area (Å²) in [6.45, 7) is 3.87. The van der Waals surface area contributed by atoms with Gasteiger partial charge in [0.1, 0.15) is 0 Å². The molecule has 2 aromatic carbocycles. The summed E-state index contributed by atoms with van der Waals surface area (Å²) in [6.07, 6.45) is 4.41. The second-order valence-electron chi connectivity index (χ2n) is 11.5. The molecule has 0 saturated carbocycles. The number of aromatic nitrogens is 4. The van der Waals surface area contributed by atoms with Gasteiger partial charge in [-0.25, -0.2) is 19.2 Å². The van der Waals surface area contributed by atoms with Gasteiger partial charge in [0, 0.05) is 22.5 Å². The third kappa shape index (κ3) is 7.11. The van der Waals surface area contributed by atoms with Crippen LogP contribution in [0.1, 0.15) is 51.3 Å². The standard InChI is InChI=1S/C33H36FN7O3S2/c1-20-22-10-7-17-41(30(22)39-38-29(20)37-32-35-24-11-4-5-12-26(24)45-32)33-36-28(31(42)43)27(46-33)13-8-18-44-25-15-14-21(19-23(25)34)9-6-16-40(2)3/h4-5,11-12,14-15,19H,6-10,13,16-18H2,1-3H3,(H,42,43)(H,35,37,38). The van der Waals surface area contributed by atoms with Crippen LogP contribution in [0.25, 0.3) is 10.2 Å². The molecule has 1 aliphatic heterocycles. The lowest BCUT2D eigenvalue weighted by Crippen LogP contribution is -2.27. The van der Waals surface area contributed by atoms with E-state index in [1.54, 1.807) is 17.4 Å². The van der Waals surface area contributed by atoms with Gasteiger partial charge in [-0.2, -0.15) is 0 Å². The summed E-state index contributed by atoms with van der Waals surface area (Å²) in [5.41, 5.74) is 3.93. The van der Waals surface area contributed by atoms with Crippen molar-refractivity contribution in [2.24, 2.45) is 0 Å². The van der Waals surface area contributed by atoms with Gasteiger partial charge in [-0.05, 0) is 95.9 Å². The number of anilines is 4. The van der Waals surface area contributed by atoms with Gasteiger partial charge in [-0.3, -0.25) is 0 Å². The molecule has 3 aromatic heterocycles. The fourth-order valence-electron chi connectivity index (χ4n) is 5.53. The molecule has 5 aromatic rings. The van der Waals surface area contributed by atoms with E-state index in [2.05, 4.69) is 30.4 Å². The molecule has 6 rings (SSSR count). The van der Waals surface area contributed by atoms with Crippen LogP contribution in [0.2, 0.25) is 0 Å². The van der Waals surface area contributed by atoms with E-state index in [1.165, 1.54) is 17.4 Å². The normalized spacial score (nSPS) is 12.9. The van der Waals surface area contributed by atoms with Crippen molar-refractivity contribution in [3.63, 3.8) is 0 Å². The zero-order valence-corrected chi connectivity index (χ0v) is 27.7. The lowest BCUT2D eigenvalue weighted by Gasteiger charge is -2.28. The number of nitrogens with zero attached hydrogens (tertiary/aromatic N) is 6. The summed E-state index contributed by atoms with van der Waals surface area (Å²) in [6, 6.07) is 13.1. The minimum absolute atomic E-state index is 0.0270. The molecule has 0 bridgehead atoms. The molecule has 1 aliphatic rings. The van der Waals surface area contributed by atoms with Crippen molar-refractivity contribution in [3.8, 4) is 5.75 Å². The molecule has 240 valence electrons. The van der Waals surface area contributed by atoms with Crippen molar-refractivity contribution in [2.45, 2.75) is 45.4 Å². The maximum absolute atomic E-state index is 14.6. The molecule has 0 atom stereocenters. The van der Waals surface area contributed by atoms with Gasteiger partial charge >= 0.3 is 5.97 Å². The van der Waals surface area contributed by atoms with Crippen molar-refractivity contribution in [1.29, 1.82) is 0 Å². The van der Waals surface area contributed by atoms with E-state index in [0.29, 0.717) is 41.0 Å². The van der Waals surface area contributed by atoms with Crippen LogP contribution in [-0.4, -0.2) is 69.9 Å². The predicted molar refractivity (Wildman–Crippen MR) is 181 cm³/mol. The summed E-state index contributed by atoms with van der Waals surface area (Å²) in [7, 11) is 4.04. The monoisotopic (exact) mass is 661 g/mol. The largest absolute Gasteiger partial charge is 0.491 e. The van der Waals surface area contributed by atoms with Crippen molar-refractivity contribution in [2.75, 3.05) is 44.0 Å². The van der Waals surface area contributed by atoms with Gasteiger partial charge < -0.3 is 25.0 Å². The van der Waals surface area contributed by atoms with Crippen LogP contribution in [0, 0.1) is 12.7 Å². The molecule has 0 unspecified atom stereocenters. The van der Waals surface area contributed by atoms with Crippen LogP contribution in [0.5, 0.6) is 5.75 Å². The number of aromatic carboxylic acids is 1. The van der Waals surface area contributed by atoms with Crippen molar-refractivity contribution < 1.29 is 19.0 Å². The van der Waals surface area contributed by atoms with Crippen LogP contribution in [-0.2, 0) is 19.3 Å². The Bertz CT molecular complexity index is 1830. The first-order chi connectivity index (χ1) is 22.3. The molecule has 10 nitrogen and oxygen atoms in total. The number of carboxylic acid groups (broad SMARTS) is 1. The molecule has 0 spiro atoms. The van der Waals surface area contributed by atoms with Crippen molar-refractivity contribution in [3.05, 3.63) is 75.5 Å². The number of ether oxygens (including phenoxy) is 1. The third-order valence-corrected chi connectivity index (χ3v) is 9.99. The second kappa shape index (κ2) is 14.1. The molecule has 0 radical (unpaired) electrons. The first-order valence-electron chi connectivity index (χ1n) is 15.3. The van der Waals surface area contributed by atoms with Crippen LogP contribution >= 0.6 is 22.7 Å². The Labute approximate surface area is 274 Å². The molecule has 0 fully saturated rings. The number of benzene rings is 2. The van der Waals surface area contributed by atoms with Crippen LogP contribution in [0.4, 0.5) is 26.3 Å². The third-order valence-electron chi connectivity index (χ3n) is 7.90. The number of thiazole rings is 2. The van der Waals surface area contributed by atoms with Gasteiger partial charge in [0.05, 0.1) is 16.8 Å². The number of hydrogen-bond donors (Lipinski definition) is 2. The fraction of sp³-hybridized carbons (Fsp3) is 0.364. The number of fused-ring (bicyclic) bond motifs is 2. The highest BCUT2D eigenvalue weighted by molar-refractivity contribution is 7.22. The van der Waals surface area contributed by atoms with E-state index in [9.17, 15) is 14.3 Å². The number of hydrogen-bond acceptors (Lipinski definition) is 11. The SMILES string of the molecule is Cc1c(Nc2nc3ccccc3s2)nnc2c1CCCN2c1nc(C(=O)O)c(CCCOc2ccc(CCCN(C)C)cc2F)s1. The Morgan fingerprint density at radius 3 is 2.74 bits per heavy atom. The van der Waals surface area contributed by atoms with Crippen LogP contribution < -0.4 is 15.0 Å². The zero-order valence-electron chi connectivity index (χ0n) is 26.0. The van der Waals surface area contributed by atoms with E-state index < -0.39 is 5.97 Å². The fourth-order valence-corrected chi connectivity index (χ4v) is 7.52. The Hall–Kier alpha value is -4.20. The number of aryl methyl sites for hydroxylation is 2. The number of rotatable bonds is 13. The van der Waals surface area contributed by atoms with E-state index in [1.807, 2.05) is 56.3 Å². The van der Waals surface area contributed by atoms with E-state index >= 15 is 0 Å². The minimum atomic E-state index is -1.08. The van der Waals surface area contributed by atoms with Gasteiger partial charge in [-0.15, -0.1) is 21.5 Å². The number of halogens is 1. The number of para-hydroxylation sites is 1. The van der Waals surface area contributed by atoms with E-state index in [-0.39, 0.29) is 23.9 Å². The Morgan fingerprint density at radius 1 is 1.11 bits per heavy atom. The summed E-state index contributed by atoms with van der Waals surface area (Å²) >= 11 is 2.90. The lowest BCUT2D eigenvalue weighted by atomic mass is 10.0. The van der Waals surface area contributed by atoms with Crippen LogP contribution in [0.3, 0.4) is 0 Å². The first-order valence-corrected chi connectivity index (χ1v) is 17.0. The Morgan fingerprint density at radius 2 is 1.96 bits per heavy atom. The van der Waals surface area contributed by atoms with Crippen molar-refractivity contribution >= 4 is 60.8 Å². The minimum Gasteiger partial charge on any atom is -0.491 e. The Balaban J connectivity index is 1.12. The lowest BCUT2D eigenvalue weighted by molar-refractivity contribution is 0.0690. The summed E-state index contributed by atoms with van der Waals surface area (Å²) in [4.78, 5) is 26.0. The number of carbonyl (C=O) groups is 1. The van der Waals surface area contributed by atoms with Gasteiger partial charge in [0.2, 0.25) is 0 Å². The molecule has 0 saturated heterocycles. The van der Waals surface area contributed by atoms with Gasteiger partial charge in [0.25, 0.3) is 0 Å². The van der Waals surface area contributed by atoms with E-state index in [4.69, 9.17) is 4.74 Å². The highest BCUT2D eigenvalue weighted by Crippen LogP contribution is 2.39. The highest BCUT2D eigenvalue weighted by atomic mass is 32.1. The predicted octanol–water partition coefficient (Wildman–Crippen LogP) is 7.02. The van der Waals surface area contributed by atoms with Gasteiger partial charge in [-0.1, -0.05) is 29.5 Å². The quantitative estimate of drug-likeness (QED) is 0.128. The number of nitrogens with one attached hydrogen (secondary N) is 1. The molecule has 4 heterocycles. The molecule has 0 amide bonds. The van der Waals surface area contributed by atoms with Gasteiger partial charge in [0.15, 0.2) is 39.2 Å². The zero-order chi connectivity index (χ0) is 32.2. The first kappa shape index (κ1) is 31.8. The molecule has 13 heteroatoms. The maximum atomic E-state index is 14.6. The second-order valence-corrected chi connectivity index (χ2v) is 13.6. The average molecular weight is 662 g/mol. The Kier molecular flexibility index (Phi) is 9.71. The molecule has 46 heavy (non-hydrogen) atoms. The summed E-state index contributed by atoms with van der Waals surface area (Å²) in [5, 5.41) is 23.7. The molecule has 2 N–H and O–H groups in total. The molecule has 0 aliphatic carbocycles. The van der Waals surface area contributed by atoms with Crippen molar-refractivity contribution in [1.82, 2.24) is 25.1 Å². The molecular formula is C33H36FN7O3S2. The average Bonchev–Trinajstić information content (AvgIpc) is 3.65. The highest BCUT2D eigenvalue weighted by Gasteiger charge is 2.28.